The van der Waals surface area contributed by atoms with Crippen LogP contribution >= 0.6 is 0 Å². The molecule has 21 heavy (non-hydrogen) atoms. The SMILES string of the molecule is O=C(Cc1ccc(C(F)(F)F)cc1)NCC1(O)CCCC1. The monoisotopic (exact) mass is 301 g/mol. The Labute approximate surface area is 121 Å². The van der Waals surface area contributed by atoms with Gasteiger partial charge in [-0.05, 0) is 30.5 Å². The summed E-state index contributed by atoms with van der Waals surface area (Å²) in [4.78, 5) is 11.7. The molecule has 0 heterocycles. The Balaban J connectivity index is 1.85. The Morgan fingerprint density at radius 1 is 1.19 bits per heavy atom. The van der Waals surface area contributed by atoms with Crippen LogP contribution in [0.1, 0.15) is 36.8 Å². The van der Waals surface area contributed by atoms with E-state index in [0.29, 0.717) is 18.4 Å². The number of amides is 1. The van der Waals surface area contributed by atoms with Crippen molar-refractivity contribution >= 4 is 5.91 Å². The fourth-order valence-electron chi connectivity index (χ4n) is 2.53. The average Bonchev–Trinajstić information content (AvgIpc) is 2.84. The van der Waals surface area contributed by atoms with Crippen molar-refractivity contribution in [3.8, 4) is 0 Å². The molecule has 1 aliphatic carbocycles. The first kappa shape index (κ1) is 15.8. The Hall–Kier alpha value is -1.56. The quantitative estimate of drug-likeness (QED) is 0.898. The molecule has 2 rings (SSSR count). The van der Waals surface area contributed by atoms with Crippen LogP contribution in [0, 0.1) is 0 Å². The highest BCUT2D eigenvalue weighted by molar-refractivity contribution is 5.78. The lowest BCUT2D eigenvalue weighted by molar-refractivity contribution is -0.137. The summed E-state index contributed by atoms with van der Waals surface area (Å²) in [5.41, 5.74) is -1.04. The van der Waals surface area contributed by atoms with Gasteiger partial charge in [-0.15, -0.1) is 0 Å². The molecular weight excluding hydrogens is 283 g/mol. The summed E-state index contributed by atoms with van der Waals surface area (Å²) in [5.74, 6) is -0.296. The van der Waals surface area contributed by atoms with Crippen molar-refractivity contribution < 1.29 is 23.1 Å². The van der Waals surface area contributed by atoms with Crippen molar-refractivity contribution in [2.45, 2.75) is 43.9 Å². The molecule has 2 N–H and O–H groups in total. The zero-order valence-corrected chi connectivity index (χ0v) is 11.5. The van der Waals surface area contributed by atoms with Crippen molar-refractivity contribution in [2.24, 2.45) is 0 Å². The van der Waals surface area contributed by atoms with Gasteiger partial charge in [-0.3, -0.25) is 4.79 Å². The highest BCUT2D eigenvalue weighted by Crippen LogP contribution is 2.29. The van der Waals surface area contributed by atoms with Gasteiger partial charge < -0.3 is 10.4 Å². The van der Waals surface area contributed by atoms with Gasteiger partial charge >= 0.3 is 6.18 Å². The molecule has 0 saturated heterocycles. The highest BCUT2D eigenvalue weighted by atomic mass is 19.4. The lowest BCUT2D eigenvalue weighted by atomic mass is 10.0. The van der Waals surface area contributed by atoms with E-state index in [0.717, 1.165) is 25.0 Å². The van der Waals surface area contributed by atoms with E-state index in [1.54, 1.807) is 0 Å². The van der Waals surface area contributed by atoms with Crippen molar-refractivity contribution in [3.05, 3.63) is 35.4 Å². The molecule has 6 heteroatoms. The van der Waals surface area contributed by atoms with Gasteiger partial charge in [0.2, 0.25) is 5.91 Å². The second kappa shape index (κ2) is 6.05. The summed E-state index contributed by atoms with van der Waals surface area (Å²) < 4.78 is 37.2. The van der Waals surface area contributed by atoms with Crippen LogP contribution in [0.3, 0.4) is 0 Å². The smallest absolute Gasteiger partial charge is 0.388 e. The van der Waals surface area contributed by atoms with E-state index in [2.05, 4.69) is 5.32 Å². The zero-order valence-electron chi connectivity index (χ0n) is 11.5. The summed E-state index contributed by atoms with van der Waals surface area (Å²) in [7, 11) is 0. The molecule has 3 nitrogen and oxygen atoms in total. The number of carbonyl (C=O) groups is 1. The van der Waals surface area contributed by atoms with E-state index in [1.807, 2.05) is 0 Å². The fraction of sp³-hybridized carbons (Fsp3) is 0.533. The van der Waals surface area contributed by atoms with Crippen LogP contribution in [0.25, 0.3) is 0 Å². The third-order valence-corrected chi connectivity index (χ3v) is 3.79. The van der Waals surface area contributed by atoms with Gasteiger partial charge in [0.15, 0.2) is 0 Å². The number of carbonyl (C=O) groups excluding carboxylic acids is 1. The molecule has 1 aliphatic rings. The summed E-state index contributed by atoms with van der Waals surface area (Å²) in [6.45, 7) is 0.201. The summed E-state index contributed by atoms with van der Waals surface area (Å²) in [6.07, 6.45) is -1.11. The standard InChI is InChI=1S/C15H18F3NO2/c16-15(17,18)12-5-3-11(4-6-12)9-13(20)19-10-14(21)7-1-2-8-14/h3-6,21H,1-2,7-10H2,(H,19,20). The lowest BCUT2D eigenvalue weighted by Crippen LogP contribution is -2.41. The van der Waals surface area contributed by atoms with Crippen LogP contribution in [0.4, 0.5) is 13.2 Å². The normalized spacial score (nSPS) is 17.7. The van der Waals surface area contributed by atoms with Crippen LogP contribution in [-0.2, 0) is 17.4 Å². The first-order valence-corrected chi connectivity index (χ1v) is 6.94. The molecule has 0 bridgehead atoms. The fourth-order valence-corrected chi connectivity index (χ4v) is 2.53. The summed E-state index contributed by atoms with van der Waals surface area (Å²) >= 11 is 0. The molecule has 0 radical (unpaired) electrons. The Bertz CT molecular complexity index is 491. The maximum atomic E-state index is 12.4. The number of nitrogens with one attached hydrogen (secondary N) is 1. The van der Waals surface area contributed by atoms with Crippen molar-refractivity contribution in [1.29, 1.82) is 0 Å². The number of benzene rings is 1. The molecule has 1 saturated carbocycles. The Morgan fingerprint density at radius 3 is 2.29 bits per heavy atom. The van der Waals surface area contributed by atoms with Gasteiger partial charge in [-0.25, -0.2) is 0 Å². The lowest BCUT2D eigenvalue weighted by Gasteiger charge is -2.22. The van der Waals surface area contributed by atoms with Crippen molar-refractivity contribution in [1.82, 2.24) is 5.32 Å². The number of rotatable bonds is 4. The number of alkyl halides is 3. The second-order valence-electron chi connectivity index (χ2n) is 5.58. The van der Waals surface area contributed by atoms with Crippen LogP contribution in [0.15, 0.2) is 24.3 Å². The minimum Gasteiger partial charge on any atom is -0.388 e. The minimum atomic E-state index is -4.37. The second-order valence-corrected chi connectivity index (χ2v) is 5.58. The van der Waals surface area contributed by atoms with E-state index >= 15 is 0 Å². The minimum absolute atomic E-state index is 0.00815. The van der Waals surface area contributed by atoms with Crippen molar-refractivity contribution in [3.63, 3.8) is 0 Å². The van der Waals surface area contributed by atoms with Gasteiger partial charge in [-0.1, -0.05) is 25.0 Å². The first-order chi connectivity index (χ1) is 9.78. The molecule has 0 aromatic heterocycles. The van der Waals surface area contributed by atoms with Gasteiger partial charge in [0, 0.05) is 6.54 Å². The molecule has 0 unspecified atom stereocenters. The largest absolute Gasteiger partial charge is 0.416 e. The number of hydrogen-bond acceptors (Lipinski definition) is 2. The molecule has 1 aromatic carbocycles. The topological polar surface area (TPSA) is 49.3 Å². The highest BCUT2D eigenvalue weighted by Gasteiger charge is 2.31. The maximum absolute atomic E-state index is 12.4. The average molecular weight is 301 g/mol. The molecule has 116 valence electrons. The third kappa shape index (κ3) is 4.46. The molecular formula is C15H18F3NO2. The van der Waals surface area contributed by atoms with E-state index < -0.39 is 17.3 Å². The summed E-state index contributed by atoms with van der Waals surface area (Å²) in [6, 6.07) is 4.53. The molecule has 0 atom stereocenters. The van der Waals surface area contributed by atoms with Crippen LogP contribution in [0.2, 0.25) is 0 Å². The van der Waals surface area contributed by atoms with Crippen LogP contribution in [-0.4, -0.2) is 23.2 Å². The third-order valence-electron chi connectivity index (χ3n) is 3.79. The molecule has 1 aromatic rings. The van der Waals surface area contributed by atoms with Crippen molar-refractivity contribution in [2.75, 3.05) is 6.54 Å². The van der Waals surface area contributed by atoms with Gasteiger partial charge in [0.05, 0.1) is 17.6 Å². The number of hydrogen-bond donors (Lipinski definition) is 2. The Morgan fingerprint density at radius 2 is 1.76 bits per heavy atom. The molecule has 0 aliphatic heterocycles. The van der Waals surface area contributed by atoms with Crippen LogP contribution < -0.4 is 5.32 Å². The molecule has 1 amide bonds. The van der Waals surface area contributed by atoms with Gasteiger partial charge in [-0.2, -0.15) is 13.2 Å². The molecule has 1 fully saturated rings. The van der Waals surface area contributed by atoms with Gasteiger partial charge in [0.1, 0.15) is 0 Å². The Kier molecular flexibility index (Phi) is 4.56. The van der Waals surface area contributed by atoms with E-state index in [9.17, 15) is 23.1 Å². The summed E-state index contributed by atoms with van der Waals surface area (Å²) in [5, 5.41) is 12.7. The number of halogens is 3. The number of aliphatic hydroxyl groups is 1. The molecule has 0 spiro atoms. The predicted octanol–water partition coefficient (Wildman–Crippen LogP) is 2.67. The van der Waals surface area contributed by atoms with E-state index in [1.165, 1.54) is 12.1 Å². The van der Waals surface area contributed by atoms with Crippen LogP contribution in [0.5, 0.6) is 0 Å². The first-order valence-electron chi connectivity index (χ1n) is 6.94. The zero-order chi connectivity index (χ0) is 15.5. The van der Waals surface area contributed by atoms with E-state index in [4.69, 9.17) is 0 Å². The maximum Gasteiger partial charge on any atom is 0.416 e. The predicted molar refractivity (Wildman–Crippen MR) is 71.6 cm³/mol. The van der Waals surface area contributed by atoms with Gasteiger partial charge in [0.25, 0.3) is 0 Å². The van der Waals surface area contributed by atoms with E-state index in [-0.39, 0.29) is 18.9 Å².